The lowest BCUT2D eigenvalue weighted by molar-refractivity contribution is -0.137. The van der Waals surface area contributed by atoms with Gasteiger partial charge >= 0.3 is 6.18 Å². The van der Waals surface area contributed by atoms with Crippen LogP contribution >= 0.6 is 0 Å². The molecule has 0 atom stereocenters. The average molecular weight is 425 g/mol. The van der Waals surface area contributed by atoms with Gasteiger partial charge in [0.2, 0.25) is 5.95 Å². The zero-order valence-corrected chi connectivity index (χ0v) is 17.1. The standard InChI is InChI=1S/C20H26F3N5O2/c1-24-19-25-13-15(20(21,22)23)18(27-19)26-14-6-7-16(29-2)17(12-14)30-11-5-10-28-8-3-4-9-28/h6-7,12-13H,3-5,8-11H2,1-2H3,(H2,24,25,26,27). The Labute approximate surface area is 173 Å². The van der Waals surface area contributed by atoms with Crippen LogP contribution in [0.1, 0.15) is 24.8 Å². The van der Waals surface area contributed by atoms with Crippen molar-refractivity contribution >= 4 is 17.5 Å². The highest BCUT2D eigenvalue weighted by Crippen LogP contribution is 2.37. The molecule has 1 saturated heterocycles. The number of alkyl halides is 3. The summed E-state index contributed by atoms with van der Waals surface area (Å²) in [4.78, 5) is 9.97. The second-order valence-corrected chi connectivity index (χ2v) is 6.95. The molecule has 0 amide bonds. The topological polar surface area (TPSA) is 71.5 Å². The number of nitrogens with zero attached hydrogens (tertiary/aromatic N) is 3. The molecule has 10 heteroatoms. The number of hydrogen-bond acceptors (Lipinski definition) is 7. The van der Waals surface area contributed by atoms with Crippen molar-refractivity contribution in [2.75, 3.05) is 51.0 Å². The predicted octanol–water partition coefficient (Wildman–Crippen LogP) is 4.15. The fourth-order valence-corrected chi connectivity index (χ4v) is 3.29. The first-order chi connectivity index (χ1) is 14.4. The summed E-state index contributed by atoms with van der Waals surface area (Å²) < 4.78 is 51.2. The predicted molar refractivity (Wildman–Crippen MR) is 109 cm³/mol. The molecule has 0 radical (unpaired) electrons. The number of ether oxygens (including phenoxy) is 2. The van der Waals surface area contributed by atoms with E-state index in [-0.39, 0.29) is 11.8 Å². The molecule has 164 valence electrons. The molecule has 30 heavy (non-hydrogen) atoms. The Bertz CT molecular complexity index is 842. The summed E-state index contributed by atoms with van der Waals surface area (Å²) in [5.74, 6) is 0.709. The molecule has 2 aromatic rings. The summed E-state index contributed by atoms with van der Waals surface area (Å²) in [6, 6.07) is 4.86. The van der Waals surface area contributed by atoms with Gasteiger partial charge in [0.05, 0.1) is 13.7 Å². The molecule has 0 saturated carbocycles. The lowest BCUT2D eigenvalue weighted by Gasteiger charge is -2.17. The van der Waals surface area contributed by atoms with Gasteiger partial charge < -0.3 is 25.0 Å². The summed E-state index contributed by atoms with van der Waals surface area (Å²) in [6.07, 6.45) is -0.506. The van der Waals surface area contributed by atoms with Crippen molar-refractivity contribution in [3.8, 4) is 11.5 Å². The van der Waals surface area contributed by atoms with E-state index in [9.17, 15) is 13.2 Å². The lowest BCUT2D eigenvalue weighted by atomic mass is 10.2. The van der Waals surface area contributed by atoms with Crippen LogP contribution < -0.4 is 20.1 Å². The van der Waals surface area contributed by atoms with E-state index in [0.717, 1.165) is 32.3 Å². The van der Waals surface area contributed by atoms with Crippen LogP contribution in [0.2, 0.25) is 0 Å². The Morgan fingerprint density at radius 3 is 2.60 bits per heavy atom. The van der Waals surface area contributed by atoms with E-state index in [4.69, 9.17) is 9.47 Å². The maximum Gasteiger partial charge on any atom is 0.421 e. The van der Waals surface area contributed by atoms with Crippen molar-refractivity contribution < 1.29 is 22.6 Å². The highest BCUT2D eigenvalue weighted by atomic mass is 19.4. The Morgan fingerprint density at radius 1 is 1.17 bits per heavy atom. The normalized spacial score (nSPS) is 14.6. The van der Waals surface area contributed by atoms with Crippen molar-refractivity contribution in [1.29, 1.82) is 0 Å². The maximum absolute atomic E-state index is 13.3. The van der Waals surface area contributed by atoms with Gasteiger partial charge in [-0.3, -0.25) is 0 Å². The van der Waals surface area contributed by atoms with Crippen LogP contribution in [-0.4, -0.2) is 55.3 Å². The number of rotatable bonds is 9. The third-order valence-electron chi connectivity index (χ3n) is 4.82. The second kappa shape index (κ2) is 9.84. The van der Waals surface area contributed by atoms with Crippen LogP contribution in [0.4, 0.5) is 30.6 Å². The lowest BCUT2D eigenvalue weighted by Crippen LogP contribution is -2.21. The quantitative estimate of drug-likeness (QED) is 0.585. The smallest absolute Gasteiger partial charge is 0.421 e. The van der Waals surface area contributed by atoms with E-state index in [1.54, 1.807) is 18.2 Å². The van der Waals surface area contributed by atoms with Crippen LogP contribution in [0.5, 0.6) is 11.5 Å². The third kappa shape index (κ3) is 5.65. The highest BCUT2D eigenvalue weighted by molar-refractivity contribution is 5.64. The summed E-state index contributed by atoms with van der Waals surface area (Å²) in [7, 11) is 3.05. The molecule has 1 aliphatic heterocycles. The molecule has 2 N–H and O–H groups in total. The number of anilines is 3. The van der Waals surface area contributed by atoms with Gasteiger partial charge in [-0.25, -0.2) is 4.98 Å². The molecule has 1 aromatic heterocycles. The van der Waals surface area contributed by atoms with Gasteiger partial charge in [-0.2, -0.15) is 18.2 Å². The molecule has 0 spiro atoms. The maximum atomic E-state index is 13.3. The van der Waals surface area contributed by atoms with E-state index in [0.29, 0.717) is 23.8 Å². The third-order valence-corrected chi connectivity index (χ3v) is 4.82. The van der Waals surface area contributed by atoms with Crippen LogP contribution in [-0.2, 0) is 6.18 Å². The minimum Gasteiger partial charge on any atom is -0.493 e. The molecule has 3 rings (SSSR count). The fraction of sp³-hybridized carbons (Fsp3) is 0.500. The number of methoxy groups -OCH3 is 1. The van der Waals surface area contributed by atoms with Crippen LogP contribution in [0.3, 0.4) is 0 Å². The molecule has 7 nitrogen and oxygen atoms in total. The van der Waals surface area contributed by atoms with E-state index in [2.05, 4.69) is 25.5 Å². The molecule has 1 aliphatic rings. The van der Waals surface area contributed by atoms with Gasteiger partial charge in [0.1, 0.15) is 11.4 Å². The van der Waals surface area contributed by atoms with Gasteiger partial charge in [-0.15, -0.1) is 0 Å². The summed E-state index contributed by atoms with van der Waals surface area (Å²) >= 11 is 0. The van der Waals surface area contributed by atoms with Crippen molar-refractivity contribution in [3.05, 3.63) is 30.0 Å². The average Bonchev–Trinajstić information content (AvgIpc) is 3.24. The highest BCUT2D eigenvalue weighted by Gasteiger charge is 2.35. The Kier molecular flexibility index (Phi) is 7.20. The van der Waals surface area contributed by atoms with Gasteiger partial charge in [0, 0.05) is 31.5 Å². The molecule has 0 bridgehead atoms. The van der Waals surface area contributed by atoms with E-state index in [1.165, 1.54) is 27.0 Å². The van der Waals surface area contributed by atoms with Crippen LogP contribution in [0.15, 0.2) is 24.4 Å². The Hall–Kier alpha value is -2.75. The first kappa shape index (κ1) is 21.9. The van der Waals surface area contributed by atoms with Gasteiger partial charge in [-0.1, -0.05) is 0 Å². The van der Waals surface area contributed by atoms with Crippen molar-refractivity contribution in [2.45, 2.75) is 25.4 Å². The largest absolute Gasteiger partial charge is 0.493 e. The van der Waals surface area contributed by atoms with Gasteiger partial charge in [0.25, 0.3) is 0 Å². The molecule has 0 unspecified atom stereocenters. The van der Waals surface area contributed by atoms with Crippen molar-refractivity contribution in [1.82, 2.24) is 14.9 Å². The zero-order valence-electron chi connectivity index (χ0n) is 17.1. The second-order valence-electron chi connectivity index (χ2n) is 6.95. The Morgan fingerprint density at radius 2 is 1.93 bits per heavy atom. The molecule has 0 aliphatic carbocycles. The van der Waals surface area contributed by atoms with Crippen LogP contribution in [0.25, 0.3) is 0 Å². The minimum absolute atomic E-state index is 0.0809. The number of halogens is 3. The van der Waals surface area contributed by atoms with E-state index >= 15 is 0 Å². The van der Waals surface area contributed by atoms with Crippen molar-refractivity contribution in [3.63, 3.8) is 0 Å². The summed E-state index contributed by atoms with van der Waals surface area (Å²) in [6.45, 7) is 3.69. The number of benzene rings is 1. The number of hydrogen-bond donors (Lipinski definition) is 2. The molecule has 1 aromatic carbocycles. The summed E-state index contributed by atoms with van der Waals surface area (Å²) in [5, 5.41) is 5.37. The molecular formula is C20H26F3N5O2. The van der Waals surface area contributed by atoms with E-state index < -0.39 is 11.7 Å². The van der Waals surface area contributed by atoms with E-state index in [1.807, 2.05) is 0 Å². The molecule has 1 fully saturated rings. The minimum atomic E-state index is -4.59. The zero-order chi connectivity index (χ0) is 21.6. The first-order valence-electron chi connectivity index (χ1n) is 9.83. The summed E-state index contributed by atoms with van der Waals surface area (Å²) in [5.41, 5.74) is -0.554. The number of aromatic nitrogens is 2. The van der Waals surface area contributed by atoms with Gasteiger partial charge in [-0.05, 0) is 44.5 Å². The molecular weight excluding hydrogens is 399 g/mol. The SMILES string of the molecule is CNc1ncc(C(F)(F)F)c(Nc2ccc(OC)c(OCCCN3CCCC3)c2)n1. The molecule has 2 heterocycles. The Balaban J connectivity index is 1.72. The number of nitrogens with one attached hydrogen (secondary N) is 2. The fourth-order valence-electron chi connectivity index (χ4n) is 3.29. The first-order valence-corrected chi connectivity index (χ1v) is 9.83. The number of likely N-dealkylation sites (tertiary alicyclic amines) is 1. The van der Waals surface area contributed by atoms with Gasteiger partial charge in [0.15, 0.2) is 11.5 Å². The van der Waals surface area contributed by atoms with Crippen molar-refractivity contribution in [2.24, 2.45) is 0 Å². The monoisotopic (exact) mass is 425 g/mol. The van der Waals surface area contributed by atoms with Crippen LogP contribution in [0, 0.1) is 0 Å².